The number of benzene rings is 1. The first-order valence-corrected chi connectivity index (χ1v) is 4.99. The van der Waals surface area contributed by atoms with E-state index in [4.69, 9.17) is 11.6 Å². The zero-order valence-corrected chi connectivity index (χ0v) is 9.71. The van der Waals surface area contributed by atoms with Gasteiger partial charge >= 0.3 is 0 Å². The van der Waals surface area contributed by atoms with E-state index >= 15 is 0 Å². The van der Waals surface area contributed by atoms with Crippen LogP contribution in [0.4, 0.5) is 0 Å². The van der Waals surface area contributed by atoms with E-state index < -0.39 is 0 Å². The second-order valence-corrected chi connectivity index (χ2v) is 3.64. The van der Waals surface area contributed by atoms with Gasteiger partial charge in [0.25, 0.3) is 5.91 Å². The average molecular weight is 239 g/mol. The standard InChI is InChI=1S/C11H11ClN2O2/c1-7(8(2)15)13-14-11(16)9-3-5-10(12)6-4-9/h3-6H,1-2H3,(H,14,16)/b13-7+. The van der Waals surface area contributed by atoms with Crippen molar-refractivity contribution in [3.63, 3.8) is 0 Å². The molecule has 0 bridgehead atoms. The smallest absolute Gasteiger partial charge is 0.271 e. The number of halogens is 1. The van der Waals surface area contributed by atoms with Crippen LogP contribution in [0.15, 0.2) is 29.4 Å². The molecule has 1 aromatic rings. The average Bonchev–Trinajstić information content (AvgIpc) is 2.26. The molecule has 0 radical (unpaired) electrons. The van der Waals surface area contributed by atoms with E-state index in [9.17, 15) is 9.59 Å². The summed E-state index contributed by atoms with van der Waals surface area (Å²) in [5, 5.41) is 4.21. The molecule has 0 saturated carbocycles. The quantitative estimate of drug-likeness (QED) is 0.647. The molecule has 1 rings (SSSR count). The molecular weight excluding hydrogens is 228 g/mol. The van der Waals surface area contributed by atoms with Crippen LogP contribution in [0.25, 0.3) is 0 Å². The fourth-order valence-electron chi connectivity index (χ4n) is 0.879. The van der Waals surface area contributed by atoms with Gasteiger partial charge in [0.2, 0.25) is 0 Å². The predicted octanol–water partition coefficient (Wildman–Crippen LogP) is 2.03. The molecule has 5 heteroatoms. The summed E-state index contributed by atoms with van der Waals surface area (Å²) < 4.78 is 0. The van der Waals surface area contributed by atoms with Crippen molar-refractivity contribution in [1.29, 1.82) is 0 Å². The molecule has 0 aromatic heterocycles. The highest BCUT2D eigenvalue weighted by Crippen LogP contribution is 2.09. The molecule has 1 aromatic carbocycles. The summed E-state index contributed by atoms with van der Waals surface area (Å²) in [5.74, 6) is -0.561. The van der Waals surface area contributed by atoms with E-state index in [-0.39, 0.29) is 17.4 Å². The third-order valence-corrected chi connectivity index (χ3v) is 2.19. The maximum atomic E-state index is 11.5. The molecular formula is C11H11ClN2O2. The Labute approximate surface area is 98.3 Å². The fraction of sp³-hybridized carbons (Fsp3) is 0.182. The number of carbonyl (C=O) groups excluding carboxylic acids is 2. The Morgan fingerprint density at radius 1 is 1.19 bits per heavy atom. The maximum absolute atomic E-state index is 11.5. The van der Waals surface area contributed by atoms with Gasteiger partial charge in [-0.05, 0) is 31.2 Å². The maximum Gasteiger partial charge on any atom is 0.271 e. The van der Waals surface area contributed by atoms with E-state index in [1.165, 1.54) is 13.8 Å². The lowest BCUT2D eigenvalue weighted by molar-refractivity contribution is -0.111. The summed E-state index contributed by atoms with van der Waals surface area (Å²) in [4.78, 5) is 22.3. The lowest BCUT2D eigenvalue weighted by Gasteiger charge is -2.00. The molecule has 1 amide bonds. The van der Waals surface area contributed by atoms with Gasteiger partial charge in [-0.1, -0.05) is 11.6 Å². The molecule has 0 heterocycles. The van der Waals surface area contributed by atoms with Crippen LogP contribution in [0, 0.1) is 0 Å². The number of hydrogen-bond acceptors (Lipinski definition) is 3. The van der Waals surface area contributed by atoms with Gasteiger partial charge in [0.1, 0.15) is 5.71 Å². The summed E-state index contributed by atoms with van der Waals surface area (Å²) in [6.45, 7) is 2.91. The van der Waals surface area contributed by atoms with Crippen molar-refractivity contribution in [3.8, 4) is 0 Å². The molecule has 4 nitrogen and oxygen atoms in total. The number of hydrogen-bond donors (Lipinski definition) is 1. The van der Waals surface area contributed by atoms with Crippen LogP contribution in [-0.2, 0) is 4.79 Å². The fourth-order valence-corrected chi connectivity index (χ4v) is 1.01. The van der Waals surface area contributed by atoms with Gasteiger partial charge < -0.3 is 0 Å². The van der Waals surface area contributed by atoms with Crippen molar-refractivity contribution >= 4 is 29.0 Å². The molecule has 0 aliphatic heterocycles. The lowest BCUT2D eigenvalue weighted by Crippen LogP contribution is -2.20. The minimum absolute atomic E-state index is 0.184. The van der Waals surface area contributed by atoms with Gasteiger partial charge in [-0.15, -0.1) is 0 Å². The Morgan fingerprint density at radius 3 is 2.25 bits per heavy atom. The number of nitrogens with zero attached hydrogens (tertiary/aromatic N) is 1. The van der Waals surface area contributed by atoms with E-state index in [0.717, 1.165) is 0 Å². The second kappa shape index (κ2) is 5.42. The first kappa shape index (κ1) is 12.4. The largest absolute Gasteiger partial charge is 0.293 e. The summed E-state index contributed by atoms with van der Waals surface area (Å²) >= 11 is 5.68. The number of Topliss-reactive ketones (excluding diaryl/α,β-unsaturated/α-hetero) is 1. The number of nitrogens with one attached hydrogen (secondary N) is 1. The van der Waals surface area contributed by atoms with Crippen LogP contribution in [0.2, 0.25) is 5.02 Å². The van der Waals surface area contributed by atoms with Crippen molar-refractivity contribution in [2.24, 2.45) is 5.10 Å². The summed E-state index contributed by atoms with van der Waals surface area (Å²) in [5.41, 5.74) is 2.97. The topological polar surface area (TPSA) is 58.5 Å². The summed E-state index contributed by atoms with van der Waals surface area (Å²) in [7, 11) is 0. The van der Waals surface area contributed by atoms with Crippen molar-refractivity contribution in [2.75, 3.05) is 0 Å². The van der Waals surface area contributed by atoms with Crippen molar-refractivity contribution in [2.45, 2.75) is 13.8 Å². The summed E-state index contributed by atoms with van der Waals surface area (Å²) in [6, 6.07) is 6.38. The van der Waals surface area contributed by atoms with Crippen LogP contribution in [0.1, 0.15) is 24.2 Å². The van der Waals surface area contributed by atoms with Gasteiger partial charge in [0, 0.05) is 17.5 Å². The highest BCUT2D eigenvalue weighted by atomic mass is 35.5. The van der Waals surface area contributed by atoms with Gasteiger partial charge in [-0.3, -0.25) is 9.59 Å². The van der Waals surface area contributed by atoms with Crippen LogP contribution in [0.3, 0.4) is 0 Å². The number of rotatable bonds is 3. The first-order chi connectivity index (χ1) is 7.50. The van der Waals surface area contributed by atoms with E-state index in [2.05, 4.69) is 10.5 Å². The highest BCUT2D eigenvalue weighted by Gasteiger charge is 2.04. The SMILES string of the molecule is CC(=O)/C(C)=N/NC(=O)c1ccc(Cl)cc1. The van der Waals surface area contributed by atoms with Crippen molar-refractivity contribution in [1.82, 2.24) is 5.43 Å². The molecule has 0 atom stereocenters. The zero-order chi connectivity index (χ0) is 12.1. The molecule has 0 aliphatic carbocycles. The Balaban J connectivity index is 2.70. The van der Waals surface area contributed by atoms with Crippen LogP contribution >= 0.6 is 11.6 Å². The van der Waals surface area contributed by atoms with Gasteiger partial charge in [0.05, 0.1) is 0 Å². The van der Waals surface area contributed by atoms with Crippen molar-refractivity contribution in [3.05, 3.63) is 34.9 Å². The molecule has 16 heavy (non-hydrogen) atoms. The Hall–Kier alpha value is -1.68. The Bertz CT molecular complexity index is 438. The zero-order valence-electron chi connectivity index (χ0n) is 8.95. The van der Waals surface area contributed by atoms with Crippen molar-refractivity contribution < 1.29 is 9.59 Å². The Morgan fingerprint density at radius 2 is 1.75 bits per heavy atom. The molecule has 0 saturated heterocycles. The van der Waals surface area contributed by atoms with E-state index in [0.29, 0.717) is 10.6 Å². The lowest BCUT2D eigenvalue weighted by atomic mass is 10.2. The van der Waals surface area contributed by atoms with Crippen LogP contribution < -0.4 is 5.43 Å². The molecule has 1 N–H and O–H groups in total. The van der Waals surface area contributed by atoms with E-state index in [1.54, 1.807) is 24.3 Å². The molecule has 84 valence electrons. The number of carbonyl (C=O) groups is 2. The Kier molecular flexibility index (Phi) is 4.19. The molecule has 0 unspecified atom stereocenters. The number of ketones is 1. The molecule has 0 spiro atoms. The monoisotopic (exact) mass is 238 g/mol. The third-order valence-electron chi connectivity index (χ3n) is 1.94. The number of hydrazone groups is 1. The first-order valence-electron chi connectivity index (χ1n) is 4.62. The van der Waals surface area contributed by atoms with Gasteiger partial charge in [-0.2, -0.15) is 5.10 Å². The third kappa shape index (κ3) is 3.47. The molecule has 0 aliphatic rings. The van der Waals surface area contributed by atoms with Crippen LogP contribution in [0.5, 0.6) is 0 Å². The second-order valence-electron chi connectivity index (χ2n) is 3.20. The normalized spacial score (nSPS) is 11.1. The van der Waals surface area contributed by atoms with E-state index in [1.807, 2.05) is 0 Å². The predicted molar refractivity (Wildman–Crippen MR) is 62.7 cm³/mol. The van der Waals surface area contributed by atoms with Gasteiger partial charge in [-0.25, -0.2) is 5.43 Å². The minimum atomic E-state index is -0.378. The molecule has 0 fully saturated rings. The van der Waals surface area contributed by atoms with Gasteiger partial charge in [0.15, 0.2) is 5.78 Å². The summed E-state index contributed by atoms with van der Waals surface area (Å²) in [6.07, 6.45) is 0. The number of amides is 1. The van der Waals surface area contributed by atoms with Crippen LogP contribution in [-0.4, -0.2) is 17.4 Å². The highest BCUT2D eigenvalue weighted by molar-refractivity contribution is 6.38. The minimum Gasteiger partial charge on any atom is -0.293 e.